The van der Waals surface area contributed by atoms with Crippen LogP contribution in [-0.2, 0) is 33.2 Å². The molecule has 19 heteroatoms. The van der Waals surface area contributed by atoms with Crippen molar-refractivity contribution in [3.8, 4) is 0 Å². The average molecular weight is 1370 g/mol. The van der Waals surface area contributed by atoms with Gasteiger partial charge in [-0.05, 0) is 77.0 Å². The van der Waals surface area contributed by atoms with Crippen molar-refractivity contribution in [2.75, 3.05) is 26.4 Å². The zero-order valence-corrected chi connectivity index (χ0v) is 59.6. The first-order chi connectivity index (χ1) is 46.8. The smallest absolute Gasteiger partial charge is 0.220 e. The maximum Gasteiger partial charge on any atom is 0.220 e. The van der Waals surface area contributed by atoms with Crippen LogP contribution in [0, 0.1) is 0 Å². The number of carbonyl (C=O) groups is 1. The van der Waals surface area contributed by atoms with Crippen LogP contribution in [0.5, 0.6) is 0 Å². The van der Waals surface area contributed by atoms with Crippen LogP contribution in [0.15, 0.2) is 60.8 Å². The monoisotopic (exact) mass is 1370 g/mol. The molecular formula is C77H139NO18. The molecule has 3 fully saturated rings. The van der Waals surface area contributed by atoms with E-state index in [9.17, 15) is 61.0 Å². The van der Waals surface area contributed by atoms with Gasteiger partial charge in [0.15, 0.2) is 18.9 Å². The molecule has 560 valence electrons. The van der Waals surface area contributed by atoms with Gasteiger partial charge in [-0.1, -0.05) is 267 Å². The van der Waals surface area contributed by atoms with Gasteiger partial charge in [-0.3, -0.25) is 4.79 Å². The van der Waals surface area contributed by atoms with E-state index in [1.807, 2.05) is 6.08 Å². The van der Waals surface area contributed by atoms with Crippen molar-refractivity contribution in [1.29, 1.82) is 0 Å². The Labute approximate surface area is 579 Å². The van der Waals surface area contributed by atoms with E-state index in [1.165, 1.54) is 205 Å². The first-order valence-corrected chi connectivity index (χ1v) is 38.5. The molecule has 19 nitrogen and oxygen atoms in total. The number of hydrogen-bond donors (Lipinski definition) is 12. The van der Waals surface area contributed by atoms with Crippen LogP contribution >= 0.6 is 0 Å². The molecule has 12 N–H and O–H groups in total. The third-order valence-electron chi connectivity index (χ3n) is 19.0. The van der Waals surface area contributed by atoms with Gasteiger partial charge in [0.1, 0.15) is 73.2 Å². The highest BCUT2D eigenvalue weighted by atomic mass is 16.8. The molecule has 3 rings (SSSR count). The highest BCUT2D eigenvalue weighted by Crippen LogP contribution is 2.33. The number of hydrogen-bond acceptors (Lipinski definition) is 18. The number of aliphatic hydroxyl groups excluding tert-OH is 11. The van der Waals surface area contributed by atoms with Gasteiger partial charge in [-0.25, -0.2) is 0 Å². The standard InChI is InChI=1S/C77H139NO18/c1-3-5-7-9-11-13-15-17-19-20-21-22-23-24-25-26-27-28-29-30-31-32-33-34-35-36-37-38-39-40-41-43-45-47-49-51-53-55-65(83)78-60(61(82)54-52-50-48-46-44-42-18-16-14-12-10-8-6-4-2)59-91-75-71(89)68(86)73(63(57-80)93-75)96-77-72(90)69(87)74(64(58-81)94-77)95-76-70(88)67(85)66(84)62(56-79)92-76/h14-17,20-21,44,46,52,54,60-64,66-77,79-82,84-90H,3-13,18-19,22-43,45,47-51,53,55-59H2,1-2H3,(H,78,83)/b16-14+,17-15-,21-20-,46-44+,54-52+. The molecule has 3 saturated heterocycles. The third kappa shape index (κ3) is 38.5. The Hall–Kier alpha value is -2.51. The predicted octanol–water partition coefficient (Wildman–Crippen LogP) is 11.9. The van der Waals surface area contributed by atoms with E-state index in [0.29, 0.717) is 12.8 Å². The maximum atomic E-state index is 13.4. The highest BCUT2D eigenvalue weighted by molar-refractivity contribution is 5.76. The molecule has 96 heavy (non-hydrogen) atoms. The second-order valence-electron chi connectivity index (χ2n) is 27.4. The summed E-state index contributed by atoms with van der Waals surface area (Å²) in [5.41, 5.74) is 0. The van der Waals surface area contributed by atoms with Gasteiger partial charge >= 0.3 is 0 Å². The number of allylic oxidation sites excluding steroid dienone is 9. The fraction of sp³-hybridized carbons (Fsp3) is 0.857. The molecule has 0 saturated carbocycles. The molecular weight excluding hydrogens is 1230 g/mol. The molecule has 3 aliphatic heterocycles. The van der Waals surface area contributed by atoms with Crippen molar-refractivity contribution >= 4 is 5.91 Å². The summed E-state index contributed by atoms with van der Waals surface area (Å²) in [4.78, 5) is 13.4. The second-order valence-corrected chi connectivity index (χ2v) is 27.4. The number of ether oxygens (including phenoxy) is 6. The summed E-state index contributed by atoms with van der Waals surface area (Å²) in [6, 6.07) is -0.996. The van der Waals surface area contributed by atoms with Crippen LogP contribution in [0.3, 0.4) is 0 Å². The maximum absolute atomic E-state index is 13.4. The van der Waals surface area contributed by atoms with Gasteiger partial charge in [-0.2, -0.15) is 0 Å². The highest BCUT2D eigenvalue weighted by Gasteiger charge is 2.53. The van der Waals surface area contributed by atoms with Gasteiger partial charge in [-0.15, -0.1) is 0 Å². The molecule has 3 aliphatic rings. The van der Waals surface area contributed by atoms with E-state index in [4.69, 9.17) is 28.4 Å². The van der Waals surface area contributed by atoms with E-state index in [-0.39, 0.29) is 18.9 Å². The Bertz CT molecular complexity index is 1970. The first-order valence-electron chi connectivity index (χ1n) is 38.5. The van der Waals surface area contributed by atoms with Crippen molar-refractivity contribution in [3.63, 3.8) is 0 Å². The van der Waals surface area contributed by atoms with E-state index < -0.39 is 124 Å². The Morgan fingerprint density at radius 2 is 0.698 bits per heavy atom. The molecule has 17 unspecified atom stereocenters. The molecule has 1 amide bonds. The Balaban J connectivity index is 1.31. The first kappa shape index (κ1) is 87.7. The molecule has 0 aromatic heterocycles. The summed E-state index contributed by atoms with van der Waals surface area (Å²) in [7, 11) is 0. The Morgan fingerprint density at radius 3 is 1.11 bits per heavy atom. The summed E-state index contributed by atoms with van der Waals surface area (Å²) in [5.74, 6) is -0.287. The van der Waals surface area contributed by atoms with Gasteiger partial charge in [0.2, 0.25) is 5.91 Å². The lowest BCUT2D eigenvalue weighted by atomic mass is 9.96. The number of amides is 1. The molecule has 3 heterocycles. The van der Waals surface area contributed by atoms with Crippen LogP contribution in [0.25, 0.3) is 0 Å². The minimum Gasteiger partial charge on any atom is -0.394 e. The molecule has 0 aromatic carbocycles. The van der Waals surface area contributed by atoms with Crippen molar-refractivity contribution in [2.45, 2.75) is 394 Å². The van der Waals surface area contributed by atoms with Crippen LogP contribution in [0.1, 0.15) is 290 Å². The summed E-state index contributed by atoms with van der Waals surface area (Å²) < 4.78 is 34.3. The topological polar surface area (TPSA) is 307 Å². The SMILES string of the molecule is CCCCCC/C=C/CC/C=C/CC/C=C/C(O)C(COC1OC(CO)C(OC2OC(CO)C(OC3OC(CO)C(O)C(O)C3O)C(O)C2O)C(O)C1O)NC(=O)CCCCCCCCCCCCCCCCCCCCCCCCCCC/C=C\C/C=C\CCCCCCC. The quantitative estimate of drug-likeness (QED) is 0.0199. The van der Waals surface area contributed by atoms with Gasteiger partial charge in [0.05, 0.1) is 38.6 Å². The molecule has 0 radical (unpaired) electrons. The lowest BCUT2D eigenvalue weighted by molar-refractivity contribution is -0.379. The lowest BCUT2D eigenvalue weighted by Crippen LogP contribution is -2.66. The lowest BCUT2D eigenvalue weighted by Gasteiger charge is -2.48. The largest absolute Gasteiger partial charge is 0.394 e. The summed E-state index contributed by atoms with van der Waals surface area (Å²) >= 11 is 0. The van der Waals surface area contributed by atoms with Crippen molar-refractivity contribution in [3.05, 3.63) is 60.8 Å². The van der Waals surface area contributed by atoms with Crippen LogP contribution in [0.2, 0.25) is 0 Å². The van der Waals surface area contributed by atoms with Crippen molar-refractivity contribution in [2.24, 2.45) is 0 Å². The minimum absolute atomic E-state index is 0.234. The van der Waals surface area contributed by atoms with Gasteiger partial charge in [0.25, 0.3) is 0 Å². The number of nitrogens with one attached hydrogen (secondary N) is 1. The number of aliphatic hydroxyl groups is 11. The number of carbonyl (C=O) groups excluding carboxylic acids is 1. The van der Waals surface area contributed by atoms with Crippen LogP contribution in [-0.4, -0.2) is 193 Å². The van der Waals surface area contributed by atoms with Crippen molar-refractivity contribution in [1.82, 2.24) is 5.32 Å². The zero-order valence-electron chi connectivity index (χ0n) is 59.6. The van der Waals surface area contributed by atoms with Crippen molar-refractivity contribution < 1.29 is 89.4 Å². The molecule has 17 atom stereocenters. The number of rotatable bonds is 60. The third-order valence-corrected chi connectivity index (χ3v) is 19.0. The fourth-order valence-electron chi connectivity index (χ4n) is 12.8. The van der Waals surface area contributed by atoms with E-state index in [0.717, 1.165) is 51.4 Å². The molecule has 0 bridgehead atoms. The summed E-state index contributed by atoms with van der Waals surface area (Å²) in [5, 5.41) is 120. The Morgan fingerprint density at radius 1 is 0.375 bits per heavy atom. The second kappa shape index (κ2) is 58.0. The van der Waals surface area contributed by atoms with Crippen LogP contribution < -0.4 is 5.32 Å². The minimum atomic E-state index is -1.98. The van der Waals surface area contributed by atoms with Crippen LogP contribution in [0.4, 0.5) is 0 Å². The molecule has 0 aromatic rings. The number of unbranched alkanes of at least 4 members (excludes halogenated alkanes) is 36. The average Bonchev–Trinajstić information content (AvgIpc) is 0.787. The summed E-state index contributed by atoms with van der Waals surface area (Å²) in [6.07, 6.45) is 46.7. The fourth-order valence-corrected chi connectivity index (χ4v) is 12.8. The molecule has 0 spiro atoms. The Kier molecular flexibility index (Phi) is 53.0. The van der Waals surface area contributed by atoms with E-state index >= 15 is 0 Å². The molecule has 0 aliphatic carbocycles. The van der Waals surface area contributed by atoms with E-state index in [1.54, 1.807) is 6.08 Å². The van der Waals surface area contributed by atoms with Gasteiger partial charge in [0, 0.05) is 6.42 Å². The van der Waals surface area contributed by atoms with Gasteiger partial charge < -0.3 is 89.9 Å². The van der Waals surface area contributed by atoms with E-state index in [2.05, 4.69) is 67.8 Å². The summed E-state index contributed by atoms with van der Waals surface area (Å²) in [6.45, 7) is 1.68. The zero-order chi connectivity index (χ0) is 69.6. The predicted molar refractivity (Wildman–Crippen MR) is 379 cm³/mol. The normalized spacial score (nSPS) is 27.4.